The van der Waals surface area contributed by atoms with E-state index in [0.717, 1.165) is 30.7 Å². The second-order valence-electron chi connectivity index (χ2n) is 6.72. The molecule has 2 aromatic heterocycles. The van der Waals surface area contributed by atoms with Gasteiger partial charge in [0.25, 0.3) is 5.91 Å². The summed E-state index contributed by atoms with van der Waals surface area (Å²) in [6, 6.07) is 7.98. The molecule has 1 amide bonds. The quantitative estimate of drug-likeness (QED) is 0.735. The highest BCUT2D eigenvalue weighted by atomic mass is 16.5. The summed E-state index contributed by atoms with van der Waals surface area (Å²) < 4.78 is 7.40. The van der Waals surface area contributed by atoms with Crippen LogP contribution in [-0.4, -0.2) is 60.9 Å². The molecule has 1 N–H and O–H groups in total. The molecule has 0 radical (unpaired) electrons. The number of carbonyl (C=O) groups is 1. The number of para-hydroxylation sites is 1. The fourth-order valence-corrected chi connectivity index (χ4v) is 3.36. The van der Waals surface area contributed by atoms with Crippen molar-refractivity contribution in [3.63, 3.8) is 0 Å². The number of hydrogen-bond acceptors (Lipinski definition) is 6. The maximum atomic E-state index is 13.0. The van der Waals surface area contributed by atoms with Crippen LogP contribution in [0, 0.1) is 12.8 Å². The highest BCUT2D eigenvalue weighted by Gasteiger charge is 2.28. The van der Waals surface area contributed by atoms with Crippen molar-refractivity contribution in [3.05, 3.63) is 47.9 Å². The van der Waals surface area contributed by atoms with Gasteiger partial charge in [0.1, 0.15) is 17.6 Å². The van der Waals surface area contributed by atoms with Crippen LogP contribution in [0.15, 0.2) is 36.8 Å². The van der Waals surface area contributed by atoms with E-state index >= 15 is 0 Å². The zero-order chi connectivity index (χ0) is 18.6. The topological polar surface area (TPSA) is 102 Å². The van der Waals surface area contributed by atoms with Crippen molar-refractivity contribution in [2.24, 2.45) is 5.92 Å². The van der Waals surface area contributed by atoms with Crippen LogP contribution in [0.5, 0.6) is 5.75 Å². The molecule has 3 heterocycles. The molecule has 27 heavy (non-hydrogen) atoms. The average molecular weight is 367 g/mol. The van der Waals surface area contributed by atoms with Gasteiger partial charge in [0.05, 0.1) is 12.8 Å². The number of hydrogen-bond donors (Lipinski definition) is 1. The molecule has 0 bridgehead atoms. The van der Waals surface area contributed by atoms with Crippen LogP contribution >= 0.6 is 0 Å². The number of piperidine rings is 1. The highest BCUT2D eigenvalue weighted by Crippen LogP contribution is 2.23. The van der Waals surface area contributed by atoms with Crippen LogP contribution in [0.25, 0.3) is 5.82 Å². The lowest BCUT2D eigenvalue weighted by Gasteiger charge is -2.32. The second kappa shape index (κ2) is 7.56. The minimum absolute atomic E-state index is 0.0742. The van der Waals surface area contributed by atoms with Gasteiger partial charge in [0.15, 0.2) is 5.82 Å². The maximum Gasteiger partial charge on any atom is 0.259 e. The molecular weight excluding hydrogens is 346 g/mol. The first kappa shape index (κ1) is 17.2. The fourth-order valence-electron chi connectivity index (χ4n) is 3.36. The van der Waals surface area contributed by atoms with E-state index < -0.39 is 0 Å². The zero-order valence-corrected chi connectivity index (χ0v) is 15.1. The van der Waals surface area contributed by atoms with Gasteiger partial charge in [-0.05, 0) is 41.8 Å². The number of tetrazole rings is 1. The van der Waals surface area contributed by atoms with Crippen LogP contribution in [0.2, 0.25) is 0 Å². The minimum atomic E-state index is -0.0742. The molecule has 1 saturated heterocycles. The Kier molecular flexibility index (Phi) is 4.82. The molecule has 3 aromatic rings. The lowest BCUT2D eigenvalue weighted by atomic mass is 9.98. The van der Waals surface area contributed by atoms with E-state index in [2.05, 4.69) is 25.7 Å². The Hall–Kier alpha value is -3.23. The number of amides is 1. The van der Waals surface area contributed by atoms with E-state index in [9.17, 15) is 4.79 Å². The molecule has 1 unspecified atom stereocenters. The van der Waals surface area contributed by atoms with Gasteiger partial charge in [0, 0.05) is 19.0 Å². The van der Waals surface area contributed by atoms with Crippen LogP contribution < -0.4 is 4.74 Å². The summed E-state index contributed by atoms with van der Waals surface area (Å²) in [5.74, 6) is 1.60. The number of ether oxygens (including phenoxy) is 1. The Morgan fingerprint density at radius 3 is 3.07 bits per heavy atom. The predicted octanol–water partition coefficient (Wildman–Crippen LogP) is 1.63. The first-order valence-corrected chi connectivity index (χ1v) is 8.97. The van der Waals surface area contributed by atoms with Gasteiger partial charge in [0.2, 0.25) is 0 Å². The summed E-state index contributed by atoms with van der Waals surface area (Å²) in [6.45, 7) is 4.01. The number of rotatable bonds is 5. The molecule has 1 fully saturated rings. The Labute approximate surface area is 156 Å². The summed E-state index contributed by atoms with van der Waals surface area (Å²) >= 11 is 0. The van der Waals surface area contributed by atoms with Crippen molar-refractivity contribution in [2.75, 3.05) is 19.7 Å². The number of nitrogens with zero attached hydrogens (tertiary/aromatic N) is 6. The molecule has 140 valence electrons. The van der Waals surface area contributed by atoms with Crippen molar-refractivity contribution in [3.8, 4) is 11.6 Å². The zero-order valence-electron chi connectivity index (χ0n) is 15.1. The van der Waals surface area contributed by atoms with Gasteiger partial charge in [-0.1, -0.05) is 18.2 Å². The van der Waals surface area contributed by atoms with Crippen LogP contribution in [0.3, 0.4) is 0 Å². The van der Waals surface area contributed by atoms with Crippen molar-refractivity contribution < 1.29 is 9.53 Å². The van der Waals surface area contributed by atoms with Crippen molar-refractivity contribution in [1.82, 2.24) is 35.3 Å². The summed E-state index contributed by atoms with van der Waals surface area (Å²) in [5.41, 5.74) is 1.58. The number of H-pyrrole nitrogens is 1. The molecular formula is C18H21N7O2. The van der Waals surface area contributed by atoms with Gasteiger partial charge in [-0.15, -0.1) is 5.10 Å². The Morgan fingerprint density at radius 2 is 2.26 bits per heavy atom. The standard InChI is InChI=1S/C18H21N7O2/c1-13-5-2-3-7-16(13)27-11-14-6-4-8-24(10-14)18(26)15-9-19-21-17(15)25-12-20-22-23-25/h2-3,5,7,9,12,14H,4,6,8,10-11H2,1H3,(H,19,21). The largest absolute Gasteiger partial charge is 0.493 e. The summed E-state index contributed by atoms with van der Waals surface area (Å²) in [7, 11) is 0. The minimum Gasteiger partial charge on any atom is -0.493 e. The molecule has 1 atom stereocenters. The van der Waals surface area contributed by atoms with Crippen molar-refractivity contribution >= 4 is 5.91 Å². The van der Waals surface area contributed by atoms with E-state index in [1.807, 2.05) is 36.1 Å². The van der Waals surface area contributed by atoms with Crippen molar-refractivity contribution in [2.45, 2.75) is 19.8 Å². The SMILES string of the molecule is Cc1ccccc1OCC1CCCN(C(=O)c2cn[nH]c2-n2cnnn2)C1. The van der Waals surface area contributed by atoms with Gasteiger partial charge < -0.3 is 9.64 Å². The predicted molar refractivity (Wildman–Crippen MR) is 96.6 cm³/mol. The number of carbonyl (C=O) groups excluding carboxylic acids is 1. The first-order chi connectivity index (χ1) is 13.2. The number of aryl methyl sites for hydroxylation is 1. The van der Waals surface area contributed by atoms with Crippen LogP contribution in [0.4, 0.5) is 0 Å². The first-order valence-electron chi connectivity index (χ1n) is 8.97. The lowest BCUT2D eigenvalue weighted by Crippen LogP contribution is -2.41. The molecule has 1 aliphatic rings. The molecule has 0 saturated carbocycles. The third kappa shape index (κ3) is 3.67. The maximum absolute atomic E-state index is 13.0. The summed E-state index contributed by atoms with van der Waals surface area (Å²) in [5, 5.41) is 17.8. The van der Waals surface area contributed by atoms with Crippen LogP contribution in [-0.2, 0) is 0 Å². The van der Waals surface area contributed by atoms with E-state index in [1.54, 1.807) is 0 Å². The third-order valence-electron chi connectivity index (χ3n) is 4.80. The molecule has 9 heteroatoms. The summed E-state index contributed by atoms with van der Waals surface area (Å²) in [4.78, 5) is 14.8. The highest BCUT2D eigenvalue weighted by molar-refractivity contribution is 5.97. The number of likely N-dealkylation sites (tertiary alicyclic amines) is 1. The fraction of sp³-hybridized carbons (Fsp3) is 0.389. The Morgan fingerprint density at radius 1 is 1.37 bits per heavy atom. The van der Waals surface area contributed by atoms with Gasteiger partial charge in [-0.25, -0.2) is 0 Å². The summed E-state index contributed by atoms with van der Waals surface area (Å²) in [6.07, 6.45) is 4.94. The molecule has 4 rings (SSSR count). The Bertz CT molecular complexity index is 906. The smallest absolute Gasteiger partial charge is 0.259 e. The van der Waals surface area contributed by atoms with Gasteiger partial charge >= 0.3 is 0 Å². The van der Waals surface area contributed by atoms with E-state index in [1.165, 1.54) is 17.2 Å². The molecule has 1 aliphatic heterocycles. The molecule has 1 aromatic carbocycles. The lowest BCUT2D eigenvalue weighted by molar-refractivity contribution is 0.0633. The third-order valence-corrected chi connectivity index (χ3v) is 4.80. The number of benzene rings is 1. The van der Waals surface area contributed by atoms with E-state index in [-0.39, 0.29) is 5.91 Å². The van der Waals surface area contributed by atoms with Gasteiger partial charge in [-0.2, -0.15) is 9.78 Å². The monoisotopic (exact) mass is 367 g/mol. The molecule has 0 aliphatic carbocycles. The second-order valence-corrected chi connectivity index (χ2v) is 6.72. The number of aromatic amines is 1. The van der Waals surface area contributed by atoms with Gasteiger partial charge in [-0.3, -0.25) is 9.89 Å². The average Bonchev–Trinajstić information content (AvgIpc) is 3.38. The molecule has 0 spiro atoms. The normalized spacial score (nSPS) is 17.1. The number of aromatic nitrogens is 6. The van der Waals surface area contributed by atoms with E-state index in [0.29, 0.717) is 30.5 Å². The van der Waals surface area contributed by atoms with Crippen molar-refractivity contribution in [1.29, 1.82) is 0 Å². The van der Waals surface area contributed by atoms with E-state index in [4.69, 9.17) is 4.74 Å². The molecule has 9 nitrogen and oxygen atoms in total. The number of nitrogens with one attached hydrogen (secondary N) is 1. The Balaban J connectivity index is 1.42. The van der Waals surface area contributed by atoms with Crippen LogP contribution in [0.1, 0.15) is 28.8 Å².